The average molecular weight is 549 g/mol. The third kappa shape index (κ3) is 5.15. The van der Waals surface area contributed by atoms with Crippen molar-refractivity contribution in [2.75, 3.05) is 13.7 Å². The molecule has 3 rings (SSSR count). The first-order chi connectivity index (χ1) is 17.0. The molecule has 0 radical (unpaired) electrons. The Balaban J connectivity index is 2.19. The van der Waals surface area contributed by atoms with Gasteiger partial charge in [-0.3, -0.25) is 4.79 Å². The molecule has 0 saturated heterocycles. The Hall–Kier alpha value is -0.996. The summed E-state index contributed by atoms with van der Waals surface area (Å²) >= 11 is 0. The molecule has 3 aliphatic carbocycles. The van der Waals surface area contributed by atoms with E-state index in [1.165, 1.54) is 0 Å². The van der Waals surface area contributed by atoms with Crippen molar-refractivity contribution < 1.29 is 23.5 Å². The van der Waals surface area contributed by atoms with Gasteiger partial charge in [-0.2, -0.15) is 0 Å². The van der Waals surface area contributed by atoms with Gasteiger partial charge in [-0.1, -0.05) is 60.6 Å². The smallest absolute Gasteiger partial charge is 0.200 e. The molecule has 0 aromatic carbocycles. The monoisotopic (exact) mass is 548 g/mol. The SMILES string of the molecule is COC1=C[C@@H]2C=C(CO[Si](C(C)C)(C(C)C)C(C)C)C[C@]3(O[Si](C)(C)C)C(=O)C(C)=C[C@H]3[C@@]2(O)[C@H](C)C1. The van der Waals surface area contributed by atoms with Gasteiger partial charge in [-0.25, -0.2) is 0 Å². The first-order valence-corrected chi connectivity index (χ1v) is 19.7. The predicted molar refractivity (Wildman–Crippen MR) is 156 cm³/mol. The fourth-order valence-electron chi connectivity index (χ4n) is 7.83. The van der Waals surface area contributed by atoms with Crippen molar-refractivity contribution in [1.82, 2.24) is 0 Å². The van der Waals surface area contributed by atoms with Crippen LogP contribution < -0.4 is 0 Å². The number of ketones is 1. The van der Waals surface area contributed by atoms with E-state index < -0.39 is 33.8 Å². The summed E-state index contributed by atoms with van der Waals surface area (Å²) in [5, 5.41) is 12.6. The van der Waals surface area contributed by atoms with E-state index in [1.807, 2.05) is 13.0 Å². The van der Waals surface area contributed by atoms with Crippen LogP contribution in [0.3, 0.4) is 0 Å². The number of allylic oxidation sites excluding steroid dienone is 1. The Labute approximate surface area is 228 Å². The van der Waals surface area contributed by atoms with Gasteiger partial charge in [0, 0.05) is 24.7 Å². The zero-order valence-electron chi connectivity index (χ0n) is 25.4. The van der Waals surface area contributed by atoms with Gasteiger partial charge in [0.2, 0.25) is 8.32 Å². The van der Waals surface area contributed by atoms with Crippen LogP contribution in [0, 0.1) is 17.8 Å². The Morgan fingerprint density at radius 1 is 1.03 bits per heavy atom. The molecule has 210 valence electrons. The minimum absolute atomic E-state index is 0.0219. The molecule has 5 atom stereocenters. The zero-order valence-corrected chi connectivity index (χ0v) is 27.4. The molecule has 37 heavy (non-hydrogen) atoms. The summed E-state index contributed by atoms with van der Waals surface area (Å²) in [5.74, 6) is 0.0929. The predicted octanol–water partition coefficient (Wildman–Crippen LogP) is 7.16. The zero-order chi connectivity index (χ0) is 28.1. The van der Waals surface area contributed by atoms with Gasteiger partial charge in [-0.05, 0) is 66.3 Å². The molecule has 0 heterocycles. The number of aliphatic hydroxyl groups is 1. The maximum atomic E-state index is 14.0. The second-order valence-corrected chi connectivity index (χ2v) is 23.6. The van der Waals surface area contributed by atoms with Gasteiger partial charge >= 0.3 is 0 Å². The van der Waals surface area contributed by atoms with E-state index in [2.05, 4.69) is 80.3 Å². The largest absolute Gasteiger partial charge is 0.501 e. The number of methoxy groups -OCH3 is 1. The van der Waals surface area contributed by atoms with Crippen LogP contribution in [0.4, 0.5) is 0 Å². The van der Waals surface area contributed by atoms with Crippen LogP contribution in [0.15, 0.2) is 35.1 Å². The van der Waals surface area contributed by atoms with Crippen LogP contribution in [-0.4, -0.2) is 52.4 Å². The van der Waals surface area contributed by atoms with Crippen LogP contribution in [0.25, 0.3) is 0 Å². The molecule has 0 aliphatic heterocycles. The topological polar surface area (TPSA) is 65.0 Å². The van der Waals surface area contributed by atoms with Gasteiger partial charge in [0.1, 0.15) is 5.60 Å². The highest BCUT2D eigenvalue weighted by Crippen LogP contribution is 2.56. The quantitative estimate of drug-likeness (QED) is 0.245. The minimum Gasteiger partial charge on any atom is -0.501 e. The number of fused-ring (bicyclic) bond motifs is 3. The lowest BCUT2D eigenvalue weighted by atomic mass is 9.62. The summed E-state index contributed by atoms with van der Waals surface area (Å²) in [4.78, 5) is 14.0. The maximum absolute atomic E-state index is 14.0. The number of hydrogen-bond acceptors (Lipinski definition) is 5. The third-order valence-electron chi connectivity index (χ3n) is 9.23. The molecule has 0 spiro atoms. The van der Waals surface area contributed by atoms with E-state index >= 15 is 0 Å². The summed E-state index contributed by atoms with van der Waals surface area (Å²) in [6.45, 7) is 24.6. The van der Waals surface area contributed by atoms with Crippen molar-refractivity contribution in [2.24, 2.45) is 17.8 Å². The molecule has 1 N–H and O–H groups in total. The third-order valence-corrected chi connectivity index (χ3v) is 16.3. The van der Waals surface area contributed by atoms with Gasteiger partial charge in [-0.15, -0.1) is 0 Å². The molecule has 3 aliphatic rings. The van der Waals surface area contributed by atoms with Gasteiger partial charge < -0.3 is 18.7 Å². The highest BCUT2D eigenvalue weighted by Gasteiger charge is 2.64. The fourth-order valence-corrected chi connectivity index (χ4v) is 14.7. The minimum atomic E-state index is -2.17. The first-order valence-electron chi connectivity index (χ1n) is 14.2. The number of ether oxygens (including phenoxy) is 1. The van der Waals surface area contributed by atoms with Crippen molar-refractivity contribution in [3.8, 4) is 0 Å². The van der Waals surface area contributed by atoms with Crippen molar-refractivity contribution in [3.05, 3.63) is 35.1 Å². The molecule has 0 unspecified atom stereocenters. The average Bonchev–Trinajstić information content (AvgIpc) is 2.93. The van der Waals surface area contributed by atoms with Crippen LogP contribution in [-0.2, 0) is 18.4 Å². The van der Waals surface area contributed by atoms with E-state index in [9.17, 15) is 9.90 Å². The van der Waals surface area contributed by atoms with Crippen molar-refractivity contribution in [3.63, 3.8) is 0 Å². The maximum Gasteiger partial charge on any atom is 0.200 e. The Morgan fingerprint density at radius 2 is 1.59 bits per heavy atom. The highest BCUT2D eigenvalue weighted by molar-refractivity contribution is 6.77. The molecule has 0 aromatic heterocycles. The summed E-state index contributed by atoms with van der Waals surface area (Å²) in [6.07, 6.45) is 7.33. The molecule has 5 nitrogen and oxygen atoms in total. The normalized spacial score (nSPS) is 32.7. The molecular formula is C30H52O5Si2. The van der Waals surface area contributed by atoms with E-state index in [4.69, 9.17) is 13.6 Å². The van der Waals surface area contributed by atoms with Crippen molar-refractivity contribution in [2.45, 2.75) is 116 Å². The molecule has 0 amide bonds. The van der Waals surface area contributed by atoms with E-state index in [0.717, 1.165) is 11.3 Å². The first kappa shape index (κ1) is 30.5. The van der Waals surface area contributed by atoms with Gasteiger partial charge in [0.05, 0.1) is 25.1 Å². The van der Waals surface area contributed by atoms with Crippen LogP contribution in [0.1, 0.15) is 68.2 Å². The number of hydrogen-bond donors (Lipinski definition) is 1. The van der Waals surface area contributed by atoms with Gasteiger partial charge in [0.25, 0.3) is 0 Å². The van der Waals surface area contributed by atoms with Crippen LogP contribution >= 0.6 is 0 Å². The lowest BCUT2D eigenvalue weighted by Gasteiger charge is -2.50. The molecule has 0 aromatic rings. The van der Waals surface area contributed by atoms with Crippen molar-refractivity contribution in [1.29, 1.82) is 0 Å². The van der Waals surface area contributed by atoms with Crippen LogP contribution in [0.2, 0.25) is 36.3 Å². The summed E-state index contributed by atoms with van der Waals surface area (Å²) < 4.78 is 19.7. The Bertz CT molecular complexity index is 951. The molecule has 0 fully saturated rings. The van der Waals surface area contributed by atoms with E-state index in [-0.39, 0.29) is 17.6 Å². The number of rotatable bonds is 9. The summed E-state index contributed by atoms with van der Waals surface area (Å²) in [5.41, 5.74) is 0.881. The number of carbonyl (C=O) groups is 1. The van der Waals surface area contributed by atoms with Crippen molar-refractivity contribution >= 4 is 22.4 Å². The van der Waals surface area contributed by atoms with E-state index in [1.54, 1.807) is 7.11 Å². The Kier molecular flexibility index (Phi) is 8.69. The van der Waals surface area contributed by atoms with Gasteiger partial charge in [0.15, 0.2) is 14.1 Å². The number of Topliss-reactive ketones (excluding diaryl/α,β-unsaturated/α-hetero) is 1. The lowest BCUT2D eigenvalue weighted by molar-refractivity contribution is -0.155. The number of carbonyl (C=O) groups excluding carboxylic acids is 1. The molecule has 0 saturated carbocycles. The second-order valence-electron chi connectivity index (χ2n) is 13.7. The second kappa shape index (κ2) is 10.5. The standard InChI is InChI=1S/C30H52O5Si2/c1-19(2)37(20(3)4,21(5)6)34-18-24-15-25-16-26(33-9)14-23(8)30(25,32)27-13-22(7)28(31)29(27,17-24)35-36(10,11)12/h13,15-16,19-21,23,25,27,32H,14,17-18H2,1-12H3/t23-,25+,27-,29-,30-/m1/s1. The Morgan fingerprint density at radius 3 is 2.08 bits per heavy atom. The highest BCUT2D eigenvalue weighted by atomic mass is 28.4. The summed E-state index contributed by atoms with van der Waals surface area (Å²) in [6, 6.07) is 0. The fraction of sp³-hybridized carbons (Fsp3) is 0.767. The summed E-state index contributed by atoms with van der Waals surface area (Å²) in [7, 11) is -2.61. The lowest BCUT2D eigenvalue weighted by Crippen LogP contribution is -2.61. The van der Waals surface area contributed by atoms with E-state index in [0.29, 0.717) is 41.6 Å². The van der Waals surface area contributed by atoms with Crippen LogP contribution in [0.5, 0.6) is 0 Å². The molecular weight excluding hydrogens is 496 g/mol. The molecule has 7 heteroatoms. The molecule has 0 bridgehead atoms.